The van der Waals surface area contributed by atoms with E-state index < -0.39 is 16.1 Å². The first-order valence-corrected chi connectivity index (χ1v) is 10.3. The van der Waals surface area contributed by atoms with Crippen LogP contribution in [0.5, 0.6) is 5.75 Å². The molecule has 3 rings (SSSR count). The van der Waals surface area contributed by atoms with Crippen LogP contribution in [-0.4, -0.2) is 37.6 Å². The first kappa shape index (κ1) is 18.0. The van der Waals surface area contributed by atoms with Gasteiger partial charge in [-0.2, -0.15) is 0 Å². The number of hydrogen-bond donors (Lipinski definition) is 0. The Hall–Kier alpha value is -1.31. The maximum absolute atomic E-state index is 10.6. The molecule has 1 aliphatic heterocycles. The van der Waals surface area contributed by atoms with Crippen molar-refractivity contribution in [2.75, 3.05) is 24.6 Å². The molecule has 0 saturated carbocycles. The van der Waals surface area contributed by atoms with Gasteiger partial charge in [-0.05, 0) is 31.0 Å². The SMILES string of the molecule is COc1ccc([S+]2CCCC2)c2ccccc12.O=S(=O)([O-])CF. The predicted molar refractivity (Wildman–Crippen MR) is 90.8 cm³/mol. The summed E-state index contributed by atoms with van der Waals surface area (Å²) in [6.07, 6.45) is 2.78. The Morgan fingerprint density at radius 3 is 2.22 bits per heavy atom. The first-order valence-electron chi connectivity index (χ1n) is 7.19. The van der Waals surface area contributed by atoms with E-state index in [1.165, 1.54) is 35.1 Å². The summed E-state index contributed by atoms with van der Waals surface area (Å²) >= 11 is 0. The fraction of sp³-hybridized carbons (Fsp3) is 0.375. The van der Waals surface area contributed by atoms with Gasteiger partial charge in [0, 0.05) is 21.7 Å². The van der Waals surface area contributed by atoms with E-state index in [0.717, 1.165) is 5.75 Å². The summed E-state index contributed by atoms with van der Waals surface area (Å²) in [7, 11) is -2.36. The monoisotopic (exact) mass is 358 g/mol. The number of benzene rings is 2. The smallest absolute Gasteiger partial charge is 0.179 e. The number of methoxy groups -OCH3 is 1. The zero-order chi connectivity index (χ0) is 16.9. The second-order valence-electron chi connectivity index (χ2n) is 5.09. The van der Waals surface area contributed by atoms with Gasteiger partial charge in [0.05, 0.1) is 7.11 Å². The maximum atomic E-state index is 10.6. The third-order valence-electron chi connectivity index (χ3n) is 3.54. The molecule has 2 aromatic rings. The molecule has 0 atom stereocenters. The van der Waals surface area contributed by atoms with Crippen LogP contribution in [0.1, 0.15) is 12.8 Å². The van der Waals surface area contributed by atoms with Crippen molar-refractivity contribution in [1.82, 2.24) is 0 Å². The van der Waals surface area contributed by atoms with Gasteiger partial charge in [0.25, 0.3) is 0 Å². The average molecular weight is 358 g/mol. The number of rotatable bonds is 3. The summed E-state index contributed by atoms with van der Waals surface area (Å²) in [4.78, 5) is 1.54. The molecule has 126 valence electrons. The van der Waals surface area contributed by atoms with Gasteiger partial charge in [-0.1, -0.05) is 18.2 Å². The van der Waals surface area contributed by atoms with Crippen LogP contribution in [0.2, 0.25) is 0 Å². The molecule has 0 N–H and O–H groups in total. The zero-order valence-corrected chi connectivity index (χ0v) is 14.5. The van der Waals surface area contributed by atoms with E-state index >= 15 is 0 Å². The van der Waals surface area contributed by atoms with Gasteiger partial charge in [0.1, 0.15) is 27.4 Å². The van der Waals surface area contributed by atoms with Crippen LogP contribution in [0.15, 0.2) is 41.3 Å². The summed E-state index contributed by atoms with van der Waals surface area (Å²) in [5.74, 6) is 3.74. The van der Waals surface area contributed by atoms with E-state index in [2.05, 4.69) is 36.4 Å². The van der Waals surface area contributed by atoms with Crippen molar-refractivity contribution in [3.8, 4) is 5.75 Å². The zero-order valence-electron chi connectivity index (χ0n) is 12.8. The maximum Gasteiger partial charge on any atom is 0.179 e. The number of ether oxygens (including phenoxy) is 1. The van der Waals surface area contributed by atoms with Crippen LogP contribution in [0, 0.1) is 0 Å². The molecule has 1 fully saturated rings. The Morgan fingerprint density at radius 2 is 1.70 bits per heavy atom. The van der Waals surface area contributed by atoms with E-state index in [1.54, 1.807) is 12.0 Å². The molecule has 4 nitrogen and oxygen atoms in total. The molecule has 0 aliphatic carbocycles. The highest BCUT2D eigenvalue weighted by Gasteiger charge is 2.28. The minimum Gasteiger partial charge on any atom is -0.746 e. The summed E-state index contributed by atoms with van der Waals surface area (Å²) in [6, 6.07) is 11.2. The molecule has 7 heteroatoms. The van der Waals surface area contributed by atoms with E-state index in [1.807, 2.05) is 0 Å². The predicted octanol–water partition coefficient (Wildman–Crippen LogP) is 3.08. The van der Waals surface area contributed by atoms with Gasteiger partial charge in [0.15, 0.2) is 10.9 Å². The highest BCUT2D eigenvalue weighted by atomic mass is 32.2. The lowest BCUT2D eigenvalue weighted by Gasteiger charge is -2.08. The van der Waals surface area contributed by atoms with Gasteiger partial charge in [0.2, 0.25) is 0 Å². The van der Waals surface area contributed by atoms with Crippen molar-refractivity contribution in [2.24, 2.45) is 0 Å². The largest absolute Gasteiger partial charge is 0.746 e. The lowest BCUT2D eigenvalue weighted by atomic mass is 10.1. The molecule has 0 amide bonds. The minimum atomic E-state index is -4.58. The molecule has 1 heterocycles. The Morgan fingerprint density at radius 1 is 1.13 bits per heavy atom. The standard InChI is InChI=1S/C15H17OS.CH3FO3S/c1-16-14-8-9-15(17-10-4-5-11-17)13-7-3-2-6-12(13)14;2-1-6(3,4)5/h2-3,6-9H,4-5,10-11H2,1H3;1H2,(H,3,4,5)/q+1;/p-1. The van der Waals surface area contributed by atoms with Gasteiger partial charge >= 0.3 is 0 Å². The van der Waals surface area contributed by atoms with Gasteiger partial charge in [-0.15, -0.1) is 0 Å². The molecule has 0 bridgehead atoms. The number of alkyl halides is 1. The van der Waals surface area contributed by atoms with E-state index in [4.69, 9.17) is 17.7 Å². The fourth-order valence-corrected chi connectivity index (χ4v) is 5.05. The topological polar surface area (TPSA) is 66.4 Å². The van der Waals surface area contributed by atoms with E-state index in [0.29, 0.717) is 10.9 Å². The molecule has 1 aliphatic rings. The highest BCUT2D eigenvalue weighted by molar-refractivity contribution is 7.97. The van der Waals surface area contributed by atoms with Gasteiger partial charge in [-0.3, -0.25) is 0 Å². The van der Waals surface area contributed by atoms with E-state index in [-0.39, 0.29) is 0 Å². The number of hydrogen-bond acceptors (Lipinski definition) is 4. The van der Waals surface area contributed by atoms with Crippen molar-refractivity contribution >= 4 is 31.8 Å². The summed E-state index contributed by atoms with van der Waals surface area (Å²) in [5.41, 5.74) is 0. The van der Waals surface area contributed by atoms with Crippen LogP contribution < -0.4 is 4.74 Å². The van der Waals surface area contributed by atoms with Crippen molar-refractivity contribution in [3.05, 3.63) is 36.4 Å². The van der Waals surface area contributed by atoms with Gasteiger partial charge in [-0.25, -0.2) is 12.8 Å². The van der Waals surface area contributed by atoms with Crippen LogP contribution in [-0.2, 0) is 21.0 Å². The summed E-state index contributed by atoms with van der Waals surface area (Å²) < 4.78 is 43.3. The van der Waals surface area contributed by atoms with Crippen LogP contribution in [0.25, 0.3) is 10.8 Å². The van der Waals surface area contributed by atoms with Crippen molar-refractivity contribution < 1.29 is 22.1 Å². The summed E-state index contributed by atoms with van der Waals surface area (Å²) in [6.45, 7) is 0. The Kier molecular flexibility index (Phi) is 6.26. The highest BCUT2D eigenvalue weighted by Crippen LogP contribution is 2.34. The lowest BCUT2D eigenvalue weighted by molar-refractivity contribution is 0.419. The van der Waals surface area contributed by atoms with Crippen molar-refractivity contribution in [2.45, 2.75) is 17.7 Å². The Balaban J connectivity index is 0.000000277. The minimum absolute atomic E-state index is 0.469. The third-order valence-corrected chi connectivity index (χ3v) is 6.35. The van der Waals surface area contributed by atoms with E-state index in [9.17, 15) is 4.39 Å². The van der Waals surface area contributed by atoms with Crippen molar-refractivity contribution in [1.29, 1.82) is 0 Å². The molecule has 23 heavy (non-hydrogen) atoms. The van der Waals surface area contributed by atoms with Gasteiger partial charge < -0.3 is 9.29 Å². The number of halogens is 1. The normalized spacial score (nSPS) is 15.3. The molecule has 1 saturated heterocycles. The quantitative estimate of drug-likeness (QED) is 0.625. The molecule has 0 spiro atoms. The average Bonchev–Trinajstić information content (AvgIpc) is 3.08. The molecule has 0 radical (unpaired) electrons. The molecular weight excluding hydrogens is 339 g/mol. The van der Waals surface area contributed by atoms with Crippen LogP contribution in [0.3, 0.4) is 0 Å². The fourth-order valence-electron chi connectivity index (χ4n) is 2.55. The first-order chi connectivity index (χ1) is 11.0. The van der Waals surface area contributed by atoms with Crippen molar-refractivity contribution in [3.63, 3.8) is 0 Å². The molecule has 0 unspecified atom stereocenters. The number of fused-ring (bicyclic) bond motifs is 1. The molecule has 2 aromatic carbocycles. The second kappa shape index (κ2) is 7.99. The van der Waals surface area contributed by atoms with Crippen LogP contribution >= 0.6 is 0 Å². The molecule has 0 aromatic heterocycles. The Labute approximate surface area is 138 Å². The summed E-state index contributed by atoms with van der Waals surface area (Å²) in [5, 5.41) is 2.64. The third kappa shape index (κ3) is 4.83. The second-order valence-corrected chi connectivity index (χ2v) is 8.66. The lowest BCUT2D eigenvalue weighted by Crippen LogP contribution is -2.04. The Bertz CT molecular complexity index is 756. The molecular formula is C16H19FO4S2. The van der Waals surface area contributed by atoms with Crippen LogP contribution in [0.4, 0.5) is 4.39 Å².